The second-order valence-corrected chi connectivity index (χ2v) is 4.93. The molecule has 0 saturated heterocycles. The standard InChI is InChI=1S/C13H16BrN/c1-4-7-15-9(2)12-6-5-11(14)8-13(12)10(15)3/h5-6,8H,4,7H2,1-3H3. The van der Waals surface area contributed by atoms with Gasteiger partial charge in [0.05, 0.1) is 0 Å². The molecule has 0 N–H and O–H groups in total. The van der Waals surface area contributed by atoms with Crippen LogP contribution in [0.1, 0.15) is 24.7 Å². The minimum absolute atomic E-state index is 1.12. The van der Waals surface area contributed by atoms with Crippen molar-refractivity contribution in [2.75, 3.05) is 0 Å². The molecule has 80 valence electrons. The maximum Gasteiger partial charge on any atom is 0.0225 e. The number of nitrogens with zero attached hydrogens (tertiary/aromatic N) is 1. The summed E-state index contributed by atoms with van der Waals surface area (Å²) in [7, 11) is 0. The Morgan fingerprint density at radius 1 is 1.13 bits per heavy atom. The highest BCUT2D eigenvalue weighted by atomic mass is 79.9. The lowest BCUT2D eigenvalue weighted by molar-refractivity contribution is 0.652. The molecule has 0 aliphatic heterocycles. The first-order valence-electron chi connectivity index (χ1n) is 5.40. The van der Waals surface area contributed by atoms with Crippen LogP contribution >= 0.6 is 15.9 Å². The number of hydrogen-bond acceptors (Lipinski definition) is 0. The van der Waals surface area contributed by atoms with Gasteiger partial charge in [-0.2, -0.15) is 0 Å². The Bertz CT molecular complexity index is 497. The number of aromatic nitrogens is 1. The molecule has 0 radical (unpaired) electrons. The van der Waals surface area contributed by atoms with Gasteiger partial charge < -0.3 is 4.57 Å². The molecular weight excluding hydrogens is 250 g/mol. The van der Waals surface area contributed by atoms with Gasteiger partial charge >= 0.3 is 0 Å². The van der Waals surface area contributed by atoms with Crippen molar-refractivity contribution in [2.24, 2.45) is 0 Å². The van der Waals surface area contributed by atoms with Crippen LogP contribution in [0.15, 0.2) is 22.7 Å². The van der Waals surface area contributed by atoms with Crippen molar-refractivity contribution >= 4 is 26.7 Å². The first kappa shape index (κ1) is 10.7. The van der Waals surface area contributed by atoms with E-state index in [0.717, 1.165) is 11.0 Å². The van der Waals surface area contributed by atoms with Gasteiger partial charge in [0.15, 0.2) is 0 Å². The van der Waals surface area contributed by atoms with Crippen LogP contribution in [-0.4, -0.2) is 4.57 Å². The first-order valence-corrected chi connectivity index (χ1v) is 6.19. The highest BCUT2D eigenvalue weighted by molar-refractivity contribution is 9.10. The molecule has 2 heteroatoms. The van der Waals surface area contributed by atoms with Crippen molar-refractivity contribution < 1.29 is 0 Å². The number of benzene rings is 1. The summed E-state index contributed by atoms with van der Waals surface area (Å²) in [6, 6.07) is 6.53. The fourth-order valence-electron chi connectivity index (χ4n) is 2.23. The van der Waals surface area contributed by atoms with Crippen LogP contribution in [-0.2, 0) is 6.54 Å². The third-order valence-electron chi connectivity index (χ3n) is 3.02. The SMILES string of the molecule is CCCn1c(C)c2ccc(Br)cc2c1C. The molecule has 0 amide bonds. The molecule has 0 spiro atoms. The van der Waals surface area contributed by atoms with E-state index in [2.05, 4.69) is 59.5 Å². The third kappa shape index (κ3) is 1.71. The van der Waals surface area contributed by atoms with Gasteiger partial charge in [-0.05, 0) is 32.4 Å². The van der Waals surface area contributed by atoms with E-state index in [0.29, 0.717) is 0 Å². The molecule has 0 fully saturated rings. The van der Waals surface area contributed by atoms with Gasteiger partial charge in [0.1, 0.15) is 0 Å². The van der Waals surface area contributed by atoms with E-state index in [4.69, 9.17) is 0 Å². The quantitative estimate of drug-likeness (QED) is 0.757. The molecule has 1 aromatic carbocycles. The molecule has 0 atom stereocenters. The van der Waals surface area contributed by atoms with Crippen LogP contribution in [0.5, 0.6) is 0 Å². The zero-order chi connectivity index (χ0) is 11.0. The fraction of sp³-hybridized carbons (Fsp3) is 0.385. The summed E-state index contributed by atoms with van der Waals surface area (Å²) < 4.78 is 3.57. The van der Waals surface area contributed by atoms with Gasteiger partial charge in [-0.15, -0.1) is 0 Å². The Morgan fingerprint density at radius 2 is 1.80 bits per heavy atom. The van der Waals surface area contributed by atoms with Gasteiger partial charge in [-0.25, -0.2) is 0 Å². The van der Waals surface area contributed by atoms with E-state index >= 15 is 0 Å². The normalized spacial score (nSPS) is 11.2. The molecule has 2 rings (SSSR count). The second kappa shape index (κ2) is 4.01. The van der Waals surface area contributed by atoms with Crippen LogP contribution in [0.3, 0.4) is 0 Å². The zero-order valence-electron chi connectivity index (χ0n) is 9.47. The van der Waals surface area contributed by atoms with Crippen molar-refractivity contribution in [3.8, 4) is 0 Å². The van der Waals surface area contributed by atoms with Crippen molar-refractivity contribution in [1.82, 2.24) is 4.57 Å². The van der Waals surface area contributed by atoms with Crippen LogP contribution in [0.4, 0.5) is 0 Å². The molecule has 0 bridgehead atoms. The lowest BCUT2D eigenvalue weighted by Gasteiger charge is -2.06. The number of rotatable bonds is 2. The van der Waals surface area contributed by atoms with Crippen LogP contribution in [0.2, 0.25) is 0 Å². The molecular formula is C13H16BrN. The summed E-state index contributed by atoms with van der Waals surface area (Å²) in [5.41, 5.74) is 2.77. The van der Waals surface area contributed by atoms with E-state index in [1.165, 1.54) is 28.6 Å². The number of fused-ring (bicyclic) bond motifs is 1. The molecule has 0 saturated carbocycles. The monoisotopic (exact) mass is 265 g/mol. The number of aryl methyl sites for hydroxylation is 2. The minimum Gasteiger partial charge on any atom is -0.348 e. The summed E-state index contributed by atoms with van der Waals surface area (Å²) in [5.74, 6) is 0. The van der Waals surface area contributed by atoms with E-state index in [-0.39, 0.29) is 0 Å². The summed E-state index contributed by atoms with van der Waals surface area (Å²) >= 11 is 3.53. The lowest BCUT2D eigenvalue weighted by atomic mass is 10.1. The first-order chi connectivity index (χ1) is 7.15. The van der Waals surface area contributed by atoms with Gasteiger partial charge in [-0.1, -0.05) is 28.9 Å². The molecule has 1 nitrogen and oxygen atoms in total. The van der Waals surface area contributed by atoms with Gasteiger partial charge in [0.25, 0.3) is 0 Å². The van der Waals surface area contributed by atoms with Gasteiger partial charge in [0, 0.05) is 33.2 Å². The zero-order valence-corrected chi connectivity index (χ0v) is 11.1. The van der Waals surface area contributed by atoms with E-state index in [1.807, 2.05) is 0 Å². The number of halogens is 1. The lowest BCUT2D eigenvalue weighted by Crippen LogP contribution is -2.00. The predicted octanol–water partition coefficient (Wildman–Crippen LogP) is 4.43. The third-order valence-corrected chi connectivity index (χ3v) is 3.51. The maximum atomic E-state index is 3.53. The Balaban J connectivity index is 2.73. The minimum atomic E-state index is 1.12. The fourth-order valence-corrected chi connectivity index (χ4v) is 2.59. The average molecular weight is 266 g/mol. The summed E-state index contributed by atoms with van der Waals surface area (Å²) in [5, 5.41) is 2.75. The van der Waals surface area contributed by atoms with E-state index in [9.17, 15) is 0 Å². The van der Waals surface area contributed by atoms with E-state index < -0.39 is 0 Å². The molecule has 2 aromatic rings. The summed E-state index contributed by atoms with van der Waals surface area (Å²) in [6.07, 6.45) is 1.18. The Labute approximate surface area is 99.2 Å². The Hall–Kier alpha value is -0.760. The van der Waals surface area contributed by atoms with Crippen molar-refractivity contribution in [1.29, 1.82) is 0 Å². The van der Waals surface area contributed by atoms with Crippen LogP contribution in [0.25, 0.3) is 10.8 Å². The van der Waals surface area contributed by atoms with Crippen molar-refractivity contribution in [2.45, 2.75) is 33.7 Å². The smallest absolute Gasteiger partial charge is 0.0225 e. The topological polar surface area (TPSA) is 4.93 Å². The second-order valence-electron chi connectivity index (χ2n) is 4.01. The number of hydrogen-bond donors (Lipinski definition) is 0. The van der Waals surface area contributed by atoms with Gasteiger partial charge in [-0.3, -0.25) is 0 Å². The largest absolute Gasteiger partial charge is 0.348 e. The van der Waals surface area contributed by atoms with Crippen LogP contribution < -0.4 is 0 Å². The Morgan fingerprint density at radius 3 is 2.47 bits per heavy atom. The predicted molar refractivity (Wildman–Crippen MR) is 69.4 cm³/mol. The summed E-state index contributed by atoms with van der Waals surface area (Å²) in [4.78, 5) is 0. The molecule has 1 heterocycles. The van der Waals surface area contributed by atoms with Gasteiger partial charge in [0.2, 0.25) is 0 Å². The average Bonchev–Trinajstić information content (AvgIpc) is 2.44. The highest BCUT2D eigenvalue weighted by Crippen LogP contribution is 2.28. The van der Waals surface area contributed by atoms with Crippen molar-refractivity contribution in [3.63, 3.8) is 0 Å². The van der Waals surface area contributed by atoms with E-state index in [1.54, 1.807) is 0 Å². The molecule has 1 aromatic heterocycles. The molecule has 0 aliphatic carbocycles. The maximum absolute atomic E-state index is 3.53. The molecule has 0 aliphatic rings. The Kier molecular flexibility index (Phi) is 2.87. The molecule has 15 heavy (non-hydrogen) atoms. The summed E-state index contributed by atoms with van der Waals surface area (Å²) in [6.45, 7) is 7.75. The van der Waals surface area contributed by atoms with Crippen molar-refractivity contribution in [3.05, 3.63) is 34.1 Å². The highest BCUT2D eigenvalue weighted by Gasteiger charge is 2.09. The molecule has 0 unspecified atom stereocenters. The van der Waals surface area contributed by atoms with Crippen LogP contribution in [0, 0.1) is 13.8 Å².